The van der Waals surface area contributed by atoms with E-state index in [-0.39, 0.29) is 11.9 Å². The zero-order valence-electron chi connectivity index (χ0n) is 17.6. The molecule has 9 heteroatoms. The number of aryl methyl sites for hydroxylation is 2. The van der Waals surface area contributed by atoms with Crippen molar-refractivity contribution in [3.63, 3.8) is 0 Å². The van der Waals surface area contributed by atoms with Crippen molar-refractivity contribution in [3.05, 3.63) is 23.0 Å². The fourth-order valence-electron chi connectivity index (χ4n) is 4.51. The summed E-state index contributed by atoms with van der Waals surface area (Å²) >= 11 is 0. The largest absolute Gasteiger partial charge is 0.339 e. The molecule has 0 radical (unpaired) electrons. The molecule has 8 nitrogen and oxygen atoms in total. The van der Waals surface area contributed by atoms with Crippen LogP contribution in [0.5, 0.6) is 0 Å². The maximum absolute atomic E-state index is 13.4. The molecule has 29 heavy (non-hydrogen) atoms. The van der Waals surface area contributed by atoms with Gasteiger partial charge in [0.25, 0.3) is 5.91 Å². The molecule has 2 aliphatic rings. The molecule has 0 unspecified atom stereocenters. The third kappa shape index (κ3) is 3.77. The Kier molecular flexibility index (Phi) is 5.14. The number of piperidine rings is 1. The number of aromatic nitrogens is 3. The lowest BCUT2D eigenvalue weighted by Gasteiger charge is -2.37. The molecule has 1 saturated heterocycles. The molecule has 3 heterocycles. The first-order valence-corrected chi connectivity index (χ1v) is 12.2. The third-order valence-electron chi connectivity index (χ3n) is 6.11. The van der Waals surface area contributed by atoms with Crippen molar-refractivity contribution in [2.24, 2.45) is 7.05 Å². The monoisotopic (exact) mass is 419 g/mol. The van der Waals surface area contributed by atoms with Crippen LogP contribution in [-0.4, -0.2) is 70.2 Å². The van der Waals surface area contributed by atoms with E-state index in [1.165, 1.54) is 6.26 Å². The number of carbonyl (C=O) groups excluding carboxylic acids is 1. The quantitative estimate of drug-likeness (QED) is 0.740. The van der Waals surface area contributed by atoms with Gasteiger partial charge < -0.3 is 4.90 Å². The molecule has 1 aliphatic heterocycles. The number of pyridine rings is 1. The van der Waals surface area contributed by atoms with Crippen LogP contribution in [0.25, 0.3) is 11.0 Å². The molecule has 4 rings (SSSR count). The van der Waals surface area contributed by atoms with E-state index in [1.807, 2.05) is 31.9 Å². The number of nitrogens with zero attached hydrogens (tertiary/aromatic N) is 5. The Morgan fingerprint density at radius 2 is 1.90 bits per heavy atom. The van der Waals surface area contributed by atoms with Gasteiger partial charge in [-0.1, -0.05) is 6.92 Å². The standard InChI is InChI=1S/C20H29N5O3S/c1-5-25(29(4,27)28)15-8-10-24(11-9-15)20(26)16-12-17(14-6-7-14)21-19-18(16)13(2)22-23(19)3/h12,14-15H,5-11H2,1-4H3. The highest BCUT2D eigenvalue weighted by Crippen LogP contribution is 2.40. The SMILES string of the molecule is CCN(C1CCN(C(=O)c2cc(C3CC3)nc3c2c(C)nn3C)CC1)S(C)(=O)=O. The van der Waals surface area contributed by atoms with Gasteiger partial charge >= 0.3 is 0 Å². The Morgan fingerprint density at radius 3 is 2.45 bits per heavy atom. The van der Waals surface area contributed by atoms with Crippen LogP contribution in [0, 0.1) is 6.92 Å². The van der Waals surface area contributed by atoms with E-state index < -0.39 is 10.0 Å². The van der Waals surface area contributed by atoms with Gasteiger partial charge in [0.1, 0.15) is 0 Å². The number of hydrogen-bond acceptors (Lipinski definition) is 5. The predicted octanol–water partition coefficient (Wildman–Crippen LogP) is 2.04. The van der Waals surface area contributed by atoms with Gasteiger partial charge in [-0.2, -0.15) is 9.40 Å². The Hall–Kier alpha value is -2.00. The van der Waals surface area contributed by atoms with Crippen LogP contribution in [0.15, 0.2) is 6.07 Å². The van der Waals surface area contributed by atoms with Crippen LogP contribution >= 0.6 is 0 Å². The van der Waals surface area contributed by atoms with Crippen LogP contribution < -0.4 is 0 Å². The first-order valence-electron chi connectivity index (χ1n) is 10.3. The fourth-order valence-corrected chi connectivity index (χ4v) is 5.73. The lowest BCUT2D eigenvalue weighted by atomic mass is 10.0. The van der Waals surface area contributed by atoms with Crippen molar-refractivity contribution in [2.75, 3.05) is 25.9 Å². The molecule has 1 saturated carbocycles. The Bertz CT molecular complexity index is 1050. The molecule has 1 amide bonds. The van der Waals surface area contributed by atoms with Crippen LogP contribution in [0.3, 0.4) is 0 Å². The molecule has 158 valence electrons. The molecule has 0 spiro atoms. The van der Waals surface area contributed by atoms with Gasteiger partial charge in [-0.3, -0.25) is 9.48 Å². The number of amides is 1. The van der Waals surface area contributed by atoms with Gasteiger partial charge in [-0.25, -0.2) is 13.4 Å². The number of likely N-dealkylation sites (tertiary alicyclic amines) is 1. The zero-order valence-corrected chi connectivity index (χ0v) is 18.4. The number of carbonyl (C=O) groups is 1. The second-order valence-electron chi connectivity index (χ2n) is 8.27. The Balaban J connectivity index is 1.60. The summed E-state index contributed by atoms with van der Waals surface area (Å²) in [6, 6.07) is 1.91. The van der Waals surface area contributed by atoms with Gasteiger partial charge in [0.15, 0.2) is 5.65 Å². The van der Waals surface area contributed by atoms with Crippen molar-refractivity contribution < 1.29 is 13.2 Å². The summed E-state index contributed by atoms with van der Waals surface area (Å²) in [6.07, 6.45) is 4.80. The summed E-state index contributed by atoms with van der Waals surface area (Å²) in [6.45, 7) is 5.34. The molecular formula is C20H29N5O3S. The minimum atomic E-state index is -3.23. The van der Waals surface area contributed by atoms with E-state index in [1.54, 1.807) is 8.99 Å². The highest BCUT2D eigenvalue weighted by Gasteiger charge is 2.33. The first kappa shape index (κ1) is 20.3. The van der Waals surface area contributed by atoms with Gasteiger partial charge in [-0.15, -0.1) is 0 Å². The molecule has 0 bridgehead atoms. The Labute approximate surface area is 171 Å². The van der Waals surface area contributed by atoms with E-state index in [4.69, 9.17) is 4.98 Å². The average Bonchev–Trinajstić information content (AvgIpc) is 3.47. The minimum Gasteiger partial charge on any atom is -0.339 e. The zero-order chi connectivity index (χ0) is 20.9. The smallest absolute Gasteiger partial charge is 0.254 e. The van der Waals surface area contributed by atoms with E-state index >= 15 is 0 Å². The van der Waals surface area contributed by atoms with Crippen molar-refractivity contribution >= 4 is 27.0 Å². The van der Waals surface area contributed by atoms with Gasteiger partial charge in [0.2, 0.25) is 10.0 Å². The van der Waals surface area contributed by atoms with Gasteiger partial charge in [-0.05, 0) is 38.7 Å². The van der Waals surface area contributed by atoms with E-state index in [2.05, 4.69) is 5.10 Å². The molecule has 2 aromatic heterocycles. The van der Waals surface area contributed by atoms with Gasteiger partial charge in [0, 0.05) is 44.3 Å². The maximum Gasteiger partial charge on any atom is 0.254 e. The lowest BCUT2D eigenvalue weighted by Crippen LogP contribution is -2.48. The molecule has 0 N–H and O–H groups in total. The summed E-state index contributed by atoms with van der Waals surface area (Å²) in [4.78, 5) is 20.1. The topological polar surface area (TPSA) is 88.4 Å². The van der Waals surface area contributed by atoms with Crippen LogP contribution in [-0.2, 0) is 17.1 Å². The van der Waals surface area contributed by atoms with Crippen LogP contribution in [0.1, 0.15) is 60.3 Å². The number of sulfonamides is 1. The molecule has 1 aliphatic carbocycles. The van der Waals surface area contributed by atoms with E-state index in [9.17, 15) is 13.2 Å². The second-order valence-corrected chi connectivity index (χ2v) is 10.2. The summed E-state index contributed by atoms with van der Waals surface area (Å²) < 4.78 is 27.3. The number of hydrogen-bond donors (Lipinski definition) is 0. The molecular weight excluding hydrogens is 390 g/mol. The van der Waals surface area contributed by atoms with Gasteiger partial charge in [0.05, 0.1) is 22.9 Å². The molecule has 0 atom stereocenters. The first-order chi connectivity index (χ1) is 13.7. The third-order valence-corrected chi connectivity index (χ3v) is 7.52. The van der Waals surface area contributed by atoms with Crippen LogP contribution in [0.2, 0.25) is 0 Å². The minimum absolute atomic E-state index is 0.00347. The van der Waals surface area contributed by atoms with Crippen molar-refractivity contribution in [1.82, 2.24) is 24.0 Å². The summed E-state index contributed by atoms with van der Waals surface area (Å²) in [5.74, 6) is 0.441. The second kappa shape index (κ2) is 7.36. The maximum atomic E-state index is 13.4. The van der Waals surface area contributed by atoms with Crippen molar-refractivity contribution in [2.45, 2.75) is 51.5 Å². The van der Waals surface area contributed by atoms with Crippen molar-refractivity contribution in [3.8, 4) is 0 Å². The highest BCUT2D eigenvalue weighted by molar-refractivity contribution is 7.88. The molecule has 2 aromatic rings. The highest BCUT2D eigenvalue weighted by atomic mass is 32.2. The number of fused-ring (bicyclic) bond motifs is 1. The number of rotatable bonds is 5. The van der Waals surface area contributed by atoms with E-state index in [0.29, 0.717) is 44.0 Å². The van der Waals surface area contributed by atoms with Crippen LogP contribution in [0.4, 0.5) is 0 Å². The molecule has 2 fully saturated rings. The Morgan fingerprint density at radius 1 is 1.24 bits per heavy atom. The fraction of sp³-hybridized carbons (Fsp3) is 0.650. The average molecular weight is 420 g/mol. The summed E-state index contributed by atoms with van der Waals surface area (Å²) in [5.41, 5.74) is 3.23. The predicted molar refractivity (Wildman–Crippen MR) is 111 cm³/mol. The molecule has 0 aromatic carbocycles. The summed E-state index contributed by atoms with van der Waals surface area (Å²) in [7, 11) is -1.37. The van der Waals surface area contributed by atoms with E-state index in [0.717, 1.165) is 35.3 Å². The summed E-state index contributed by atoms with van der Waals surface area (Å²) in [5, 5.41) is 5.31. The normalized spacial score (nSPS) is 18.7. The lowest BCUT2D eigenvalue weighted by molar-refractivity contribution is 0.0682. The van der Waals surface area contributed by atoms with Crippen molar-refractivity contribution in [1.29, 1.82) is 0 Å².